The lowest BCUT2D eigenvalue weighted by molar-refractivity contribution is 0.0742. The van der Waals surface area contributed by atoms with E-state index in [1.54, 1.807) is 36.2 Å². The summed E-state index contributed by atoms with van der Waals surface area (Å²) in [7, 11) is -2.14. The van der Waals surface area contributed by atoms with Crippen molar-refractivity contribution in [3.05, 3.63) is 94.4 Å². The van der Waals surface area contributed by atoms with E-state index in [0.29, 0.717) is 22.3 Å². The Morgan fingerprint density at radius 1 is 0.938 bits per heavy atom. The van der Waals surface area contributed by atoms with Gasteiger partial charge in [-0.05, 0) is 55.0 Å². The Labute approximate surface area is 185 Å². The van der Waals surface area contributed by atoms with Gasteiger partial charge >= 0.3 is 5.69 Å². The lowest BCUT2D eigenvalue weighted by Crippen LogP contribution is -2.29. The molecule has 3 aromatic carbocycles. The van der Waals surface area contributed by atoms with E-state index in [4.69, 9.17) is 0 Å². The second kappa shape index (κ2) is 8.35. The maximum atomic E-state index is 12.9. The van der Waals surface area contributed by atoms with Crippen molar-refractivity contribution in [3.8, 4) is 0 Å². The first-order chi connectivity index (χ1) is 15.2. The minimum absolute atomic E-state index is 0.0109. The van der Waals surface area contributed by atoms with Gasteiger partial charge in [0, 0.05) is 18.3 Å². The van der Waals surface area contributed by atoms with E-state index in [9.17, 15) is 18.0 Å². The number of benzene rings is 3. The Morgan fingerprint density at radius 2 is 1.59 bits per heavy atom. The zero-order valence-electron chi connectivity index (χ0n) is 17.5. The average Bonchev–Trinajstić information content (AvgIpc) is 3.17. The largest absolute Gasteiger partial charge is 0.335 e. The lowest BCUT2D eigenvalue weighted by Gasteiger charge is -2.25. The van der Waals surface area contributed by atoms with Crippen LogP contribution < -0.4 is 10.4 Å². The van der Waals surface area contributed by atoms with Crippen molar-refractivity contribution in [2.24, 2.45) is 0 Å². The van der Waals surface area contributed by atoms with Crippen LogP contribution in [0.1, 0.15) is 28.9 Å². The number of nitrogens with zero attached hydrogens (tertiary/aromatic N) is 1. The van der Waals surface area contributed by atoms with E-state index >= 15 is 0 Å². The van der Waals surface area contributed by atoms with Crippen molar-refractivity contribution in [2.75, 3.05) is 11.8 Å². The zero-order chi connectivity index (χ0) is 22.9. The van der Waals surface area contributed by atoms with Crippen molar-refractivity contribution in [3.63, 3.8) is 0 Å². The topological polar surface area (TPSA) is 115 Å². The molecule has 32 heavy (non-hydrogen) atoms. The number of aromatic nitrogens is 2. The fourth-order valence-corrected chi connectivity index (χ4v) is 4.49. The van der Waals surface area contributed by atoms with Crippen LogP contribution in [0.4, 0.5) is 5.69 Å². The number of aromatic amines is 2. The predicted molar refractivity (Wildman–Crippen MR) is 123 cm³/mol. The summed E-state index contributed by atoms with van der Waals surface area (Å²) in [6.07, 6.45) is 0. The molecule has 1 heterocycles. The standard InChI is InChI=1S/C23H22N4O4S/c1-15(16-6-4-3-5-7-16)27(2)22(28)17-8-10-18(11-9-17)26-32(30,31)19-12-13-20-21(14-19)25-23(29)24-20/h3-15,26H,1-2H3,(H2,24,25,29)/t15-/m1/s1. The highest BCUT2D eigenvalue weighted by Crippen LogP contribution is 2.22. The maximum Gasteiger partial charge on any atom is 0.323 e. The number of amides is 1. The summed E-state index contributed by atoms with van der Waals surface area (Å²) >= 11 is 0. The van der Waals surface area contributed by atoms with Crippen LogP contribution in [0.15, 0.2) is 82.5 Å². The minimum atomic E-state index is -3.88. The molecule has 0 radical (unpaired) electrons. The first-order valence-electron chi connectivity index (χ1n) is 9.91. The van der Waals surface area contributed by atoms with Crippen LogP contribution in [-0.4, -0.2) is 36.2 Å². The van der Waals surface area contributed by atoms with Crippen molar-refractivity contribution in [1.29, 1.82) is 0 Å². The lowest BCUT2D eigenvalue weighted by atomic mass is 10.1. The number of fused-ring (bicyclic) bond motifs is 1. The Morgan fingerprint density at radius 3 is 2.28 bits per heavy atom. The highest BCUT2D eigenvalue weighted by atomic mass is 32.2. The Balaban J connectivity index is 1.50. The third-order valence-electron chi connectivity index (χ3n) is 5.37. The summed E-state index contributed by atoms with van der Waals surface area (Å²) in [5.41, 5.74) is 2.30. The van der Waals surface area contributed by atoms with E-state index in [-0.39, 0.29) is 16.8 Å². The molecule has 0 aliphatic heterocycles. The fraction of sp³-hybridized carbons (Fsp3) is 0.130. The smallest absolute Gasteiger partial charge is 0.323 e. The van der Waals surface area contributed by atoms with Gasteiger partial charge in [-0.2, -0.15) is 0 Å². The molecule has 0 saturated carbocycles. The summed E-state index contributed by atoms with van der Waals surface area (Å²) in [6, 6.07) is 20.2. The maximum absolute atomic E-state index is 12.9. The second-order valence-corrected chi connectivity index (χ2v) is 9.15. The van der Waals surface area contributed by atoms with Gasteiger partial charge in [-0.1, -0.05) is 30.3 Å². The molecule has 1 atom stereocenters. The number of sulfonamides is 1. The summed E-state index contributed by atoms with van der Waals surface area (Å²) in [4.78, 5) is 31.0. The van der Waals surface area contributed by atoms with Crippen LogP contribution in [0, 0.1) is 0 Å². The molecule has 8 nitrogen and oxygen atoms in total. The molecule has 3 N–H and O–H groups in total. The van der Waals surface area contributed by atoms with Crippen molar-refractivity contribution >= 4 is 32.7 Å². The molecule has 4 aromatic rings. The summed E-state index contributed by atoms with van der Waals surface area (Å²) < 4.78 is 28.0. The van der Waals surface area contributed by atoms with Crippen molar-refractivity contribution in [2.45, 2.75) is 17.9 Å². The van der Waals surface area contributed by atoms with Crippen LogP contribution in [0.3, 0.4) is 0 Å². The van der Waals surface area contributed by atoms with Gasteiger partial charge in [-0.15, -0.1) is 0 Å². The van der Waals surface area contributed by atoms with Crippen molar-refractivity contribution < 1.29 is 13.2 Å². The van der Waals surface area contributed by atoms with E-state index in [0.717, 1.165) is 5.56 Å². The fourth-order valence-electron chi connectivity index (χ4n) is 3.41. The molecule has 0 fully saturated rings. The number of hydrogen-bond acceptors (Lipinski definition) is 4. The monoisotopic (exact) mass is 450 g/mol. The number of imidazole rings is 1. The summed E-state index contributed by atoms with van der Waals surface area (Å²) in [5, 5.41) is 0. The van der Waals surface area contributed by atoms with Crippen LogP contribution in [0.25, 0.3) is 11.0 Å². The Kier molecular flexibility index (Phi) is 5.58. The van der Waals surface area contributed by atoms with Gasteiger partial charge in [0.25, 0.3) is 15.9 Å². The number of carbonyl (C=O) groups excluding carboxylic acids is 1. The molecule has 0 aliphatic carbocycles. The SMILES string of the molecule is C[C@H](c1ccccc1)N(C)C(=O)c1ccc(NS(=O)(=O)c2ccc3[nH]c(=O)[nH]c3c2)cc1. The molecule has 164 valence electrons. The molecule has 1 aromatic heterocycles. The van der Waals surface area contributed by atoms with Gasteiger partial charge in [0.2, 0.25) is 0 Å². The molecule has 1 amide bonds. The Hall–Kier alpha value is -3.85. The number of rotatable bonds is 6. The van der Waals surface area contributed by atoms with Gasteiger partial charge in [0.05, 0.1) is 22.0 Å². The molecular formula is C23H22N4O4S. The summed E-state index contributed by atoms with van der Waals surface area (Å²) in [6.45, 7) is 1.95. The molecular weight excluding hydrogens is 428 g/mol. The van der Waals surface area contributed by atoms with Crippen LogP contribution in [0.2, 0.25) is 0 Å². The molecule has 0 spiro atoms. The molecule has 4 rings (SSSR count). The van der Waals surface area contributed by atoms with Gasteiger partial charge < -0.3 is 14.9 Å². The highest BCUT2D eigenvalue weighted by molar-refractivity contribution is 7.92. The zero-order valence-corrected chi connectivity index (χ0v) is 18.3. The third kappa shape index (κ3) is 4.28. The van der Waals surface area contributed by atoms with E-state index in [2.05, 4.69) is 14.7 Å². The molecule has 0 unspecified atom stereocenters. The van der Waals surface area contributed by atoms with Gasteiger partial charge in [-0.25, -0.2) is 13.2 Å². The second-order valence-electron chi connectivity index (χ2n) is 7.47. The highest BCUT2D eigenvalue weighted by Gasteiger charge is 2.20. The van der Waals surface area contributed by atoms with Crippen LogP contribution >= 0.6 is 0 Å². The normalized spacial score (nSPS) is 12.4. The first kappa shape index (κ1) is 21.4. The quantitative estimate of drug-likeness (QED) is 0.417. The predicted octanol–water partition coefficient (Wildman–Crippen LogP) is 3.49. The van der Waals surface area contributed by atoms with E-state index in [1.807, 2.05) is 37.3 Å². The molecule has 9 heteroatoms. The van der Waals surface area contributed by atoms with E-state index in [1.165, 1.54) is 18.2 Å². The Bertz CT molecular complexity index is 1420. The number of carbonyl (C=O) groups is 1. The van der Waals surface area contributed by atoms with Gasteiger partial charge in [0.15, 0.2) is 0 Å². The van der Waals surface area contributed by atoms with Crippen LogP contribution in [-0.2, 0) is 10.0 Å². The summed E-state index contributed by atoms with van der Waals surface area (Å²) in [5.74, 6) is -0.169. The number of nitrogens with one attached hydrogen (secondary N) is 3. The minimum Gasteiger partial charge on any atom is -0.335 e. The molecule has 0 bridgehead atoms. The van der Waals surface area contributed by atoms with E-state index < -0.39 is 15.7 Å². The van der Waals surface area contributed by atoms with Crippen LogP contribution in [0.5, 0.6) is 0 Å². The molecule has 0 aliphatic rings. The number of H-pyrrole nitrogens is 2. The van der Waals surface area contributed by atoms with Crippen molar-refractivity contribution in [1.82, 2.24) is 14.9 Å². The number of hydrogen-bond donors (Lipinski definition) is 3. The molecule has 0 saturated heterocycles. The van der Waals surface area contributed by atoms with Gasteiger partial charge in [0.1, 0.15) is 0 Å². The van der Waals surface area contributed by atoms with Gasteiger partial charge in [-0.3, -0.25) is 9.52 Å². The third-order valence-corrected chi connectivity index (χ3v) is 6.74. The first-order valence-corrected chi connectivity index (χ1v) is 11.4. The average molecular weight is 451 g/mol. The number of anilines is 1.